The zero-order chi connectivity index (χ0) is 102. The van der Waals surface area contributed by atoms with Crippen LogP contribution in [0.25, 0.3) is 21.8 Å². The highest BCUT2D eigenvalue weighted by molar-refractivity contribution is 6.02. The molecular weight excluding hydrogens is 1800 g/mol. The van der Waals surface area contributed by atoms with E-state index >= 15 is 14.4 Å². The third-order valence-electron chi connectivity index (χ3n) is 21.3. The van der Waals surface area contributed by atoms with Crippen LogP contribution in [0.15, 0.2) is 60.9 Å². The van der Waals surface area contributed by atoms with Crippen LogP contribution in [0.2, 0.25) is 0 Å². The van der Waals surface area contributed by atoms with Gasteiger partial charge in [0.25, 0.3) is 0 Å². The Morgan fingerprint density at radius 2 is 0.701 bits per heavy atom. The third kappa shape index (κ3) is 41.1. The monoisotopic (exact) mass is 1930 g/mol. The van der Waals surface area contributed by atoms with E-state index < -0.39 is 292 Å². The second kappa shape index (κ2) is 58.8. The summed E-state index contributed by atoms with van der Waals surface area (Å²) in [4.78, 5) is 256. The Morgan fingerprint density at radius 1 is 0.365 bits per heavy atom. The Labute approximate surface area is 785 Å². The number of aliphatic hydroxyl groups excluding tert-OH is 3. The van der Waals surface area contributed by atoms with E-state index in [0.717, 1.165) is 0 Å². The molecular formula is C83H130N30O24. The molecule has 0 saturated carbocycles. The summed E-state index contributed by atoms with van der Waals surface area (Å²) in [7, 11) is 0. The van der Waals surface area contributed by atoms with Gasteiger partial charge in [-0.3, -0.25) is 103 Å². The number of guanidine groups is 4. The zero-order valence-electron chi connectivity index (χ0n) is 76.2. The van der Waals surface area contributed by atoms with Crippen LogP contribution in [-0.4, -0.2) is 308 Å². The number of carboxylic acid groups (broad SMARTS) is 3. The number of aromatic nitrogens is 2. The predicted molar refractivity (Wildman–Crippen MR) is 492 cm³/mol. The number of hydrogen-bond donors (Lipinski definition) is 36. The molecule has 756 valence electrons. The van der Waals surface area contributed by atoms with Crippen LogP contribution >= 0.6 is 0 Å². The van der Waals surface area contributed by atoms with Crippen molar-refractivity contribution in [1.29, 1.82) is 21.6 Å². The van der Waals surface area contributed by atoms with Gasteiger partial charge in [0.2, 0.25) is 88.6 Å². The molecule has 0 aliphatic carbocycles. The summed E-state index contributed by atoms with van der Waals surface area (Å²) in [6, 6.07) is -10.7. The Hall–Kier alpha value is -15.1. The molecule has 42 N–H and O–H groups in total. The van der Waals surface area contributed by atoms with Crippen LogP contribution < -0.4 is 130 Å². The summed E-state index contributed by atoms with van der Waals surface area (Å²) >= 11 is 0. The quantitative estimate of drug-likeness (QED) is 0.0111. The highest BCUT2D eigenvalue weighted by Gasteiger charge is 2.40. The van der Waals surface area contributed by atoms with Crippen molar-refractivity contribution in [2.24, 2.45) is 46.2 Å². The number of carboxylic acids is 3. The minimum atomic E-state index is -2.08. The van der Waals surface area contributed by atoms with Crippen molar-refractivity contribution in [2.45, 2.75) is 221 Å². The van der Waals surface area contributed by atoms with Crippen LogP contribution in [0.3, 0.4) is 0 Å². The first-order valence-electron chi connectivity index (χ1n) is 44.0. The van der Waals surface area contributed by atoms with Gasteiger partial charge in [-0.05, 0) is 106 Å². The van der Waals surface area contributed by atoms with Gasteiger partial charge in [0.15, 0.2) is 23.8 Å². The number of carbonyl (C=O) groups excluding carboxylic acids is 15. The van der Waals surface area contributed by atoms with Gasteiger partial charge in [0.1, 0.15) is 84.6 Å². The van der Waals surface area contributed by atoms with Gasteiger partial charge in [-0.1, -0.05) is 70.5 Å². The largest absolute Gasteiger partial charge is 0.481 e. The van der Waals surface area contributed by atoms with Gasteiger partial charge in [-0.15, -0.1) is 0 Å². The Morgan fingerprint density at radius 3 is 1.08 bits per heavy atom. The molecule has 2 heterocycles. The molecule has 137 heavy (non-hydrogen) atoms. The standard InChI is InChI=1S/C83H130N30O24/c1-5-41(4)65(78(135)112-60(39-116)76(133)107-54(79(136)137)21-13-29-97-83(92)93)113-72(129)51(20-12-28-96-82(90)91)103-70(127)53(23-25-63(119)120)105-69(126)49(18-10-26-94-80(86)87)102-68(125)50(19-11-27-95-81(88)89)104-74(131)57(32-43-35-99-48-17-9-7-15-45(43)48)110-73(130)55(30-40(2)3)108-71(128)52(22-24-61(85)117)106-75(132)58(33-64(121)122)101-62(118)36-100-67(124)56(31-42-34-98-47-16-8-6-14-44(42)47)109-77(134)59(38-115)111-66(123)46(84)37-114/h6-9,14-17,34-35,40-41,46,49-60,65,98-99,114-116H,5,10-13,18-33,36-39,84H2,1-4H3,(H2,85,117)(H,100,124)(H,101,118)(H,102,125)(H,103,127)(H,104,131)(H,105,126)(H,106,132)(H,107,133)(H,108,128)(H,109,134)(H,110,130)(H,111,123)(H,112,135)(H,113,129)(H,119,120)(H,121,122)(H,136,137)(H4,86,87,94)(H4,88,89,95)(H4,90,91,96)(H4,92,93,97)/t41-,46-,49-,50-,51-,52-,53-,54-,55-,56-,57-,58-,59-,60-,65-/m0/s1. The van der Waals surface area contributed by atoms with Gasteiger partial charge >= 0.3 is 17.9 Å². The van der Waals surface area contributed by atoms with Crippen molar-refractivity contribution in [3.05, 3.63) is 72.1 Å². The number of rotatable bonds is 64. The van der Waals surface area contributed by atoms with E-state index in [-0.39, 0.29) is 96.8 Å². The predicted octanol–water partition coefficient (Wildman–Crippen LogP) is -10.0. The molecule has 0 unspecified atom stereocenters. The number of aromatic amines is 2. The number of para-hydroxylation sites is 2. The van der Waals surface area contributed by atoms with Crippen LogP contribution in [0.4, 0.5) is 0 Å². The molecule has 0 spiro atoms. The van der Waals surface area contributed by atoms with Crippen LogP contribution in [0, 0.1) is 33.5 Å². The summed E-state index contributed by atoms with van der Waals surface area (Å²) in [5.74, 6) is -24.9. The molecule has 0 radical (unpaired) electrons. The van der Waals surface area contributed by atoms with Crippen molar-refractivity contribution < 1.29 is 117 Å². The number of aliphatic hydroxyl groups is 3. The minimum absolute atomic E-state index is 0.0552. The topological polar surface area (TPSA) is 928 Å². The second-order valence-corrected chi connectivity index (χ2v) is 32.6. The van der Waals surface area contributed by atoms with Crippen LogP contribution in [-0.2, 0) is 99.1 Å². The molecule has 0 aliphatic heterocycles. The number of H-pyrrole nitrogens is 2. The highest BCUT2D eigenvalue weighted by atomic mass is 16.4. The first-order chi connectivity index (χ1) is 64.8. The number of hydrogen-bond acceptors (Lipinski definition) is 26. The fourth-order valence-electron chi connectivity index (χ4n) is 13.8. The van der Waals surface area contributed by atoms with E-state index in [1.54, 1.807) is 69.3 Å². The van der Waals surface area contributed by atoms with Gasteiger partial charge < -0.3 is 171 Å². The lowest BCUT2D eigenvalue weighted by molar-refractivity contribution is -0.143. The molecule has 54 heteroatoms. The number of amides is 15. The number of fused-ring (bicyclic) bond motifs is 2. The molecule has 4 aromatic rings. The molecule has 0 saturated heterocycles. The maximum absolute atomic E-state index is 15.4. The molecule has 2 aromatic heterocycles. The maximum atomic E-state index is 15.4. The number of aliphatic carboxylic acids is 3. The summed E-state index contributed by atoms with van der Waals surface area (Å²) in [6.07, 6.45) is -3.16. The molecule has 2 aromatic carbocycles. The molecule has 15 amide bonds. The molecule has 0 aliphatic rings. The van der Waals surface area contributed by atoms with Crippen molar-refractivity contribution in [3.63, 3.8) is 0 Å². The molecule has 54 nitrogen and oxygen atoms in total. The first-order valence-corrected chi connectivity index (χ1v) is 44.0. The Bertz CT molecular complexity index is 4880. The van der Waals surface area contributed by atoms with Gasteiger partial charge in [-0.25, -0.2) is 4.79 Å². The van der Waals surface area contributed by atoms with E-state index in [4.69, 9.17) is 56.0 Å². The first kappa shape index (κ1) is 114. The zero-order valence-corrected chi connectivity index (χ0v) is 76.2. The molecule has 0 fully saturated rings. The number of nitrogens with one attached hydrogen (secondary N) is 24. The van der Waals surface area contributed by atoms with E-state index in [1.807, 2.05) is 0 Å². The maximum Gasteiger partial charge on any atom is 0.326 e. The van der Waals surface area contributed by atoms with E-state index in [9.17, 15) is 103 Å². The van der Waals surface area contributed by atoms with E-state index in [0.29, 0.717) is 32.9 Å². The van der Waals surface area contributed by atoms with E-state index in [2.05, 4.69) is 106 Å². The minimum Gasteiger partial charge on any atom is -0.481 e. The van der Waals surface area contributed by atoms with Gasteiger partial charge in [0.05, 0.1) is 32.8 Å². The molecule has 4 rings (SSSR count). The van der Waals surface area contributed by atoms with Crippen molar-refractivity contribution in [2.75, 3.05) is 52.5 Å². The fraction of sp³-hybridized carbons (Fsp3) is 0.542. The molecule has 0 bridgehead atoms. The smallest absolute Gasteiger partial charge is 0.326 e. The van der Waals surface area contributed by atoms with Crippen LogP contribution in [0.1, 0.15) is 135 Å². The summed E-state index contributed by atoms with van der Waals surface area (Å²) < 4.78 is 0. The Balaban J connectivity index is 1.72. The molecule has 15 atom stereocenters. The van der Waals surface area contributed by atoms with Crippen molar-refractivity contribution >= 4 is 152 Å². The summed E-state index contributed by atoms with van der Waals surface area (Å²) in [6.45, 7) is 2.18. The third-order valence-corrected chi connectivity index (χ3v) is 21.3. The second-order valence-electron chi connectivity index (χ2n) is 32.6. The van der Waals surface area contributed by atoms with Gasteiger partial charge in [-0.2, -0.15) is 0 Å². The average molecular weight is 1930 g/mol. The summed E-state index contributed by atoms with van der Waals surface area (Å²) in [5.41, 5.74) is 35.1. The number of nitrogens with two attached hydrogens (primary N) is 6. The van der Waals surface area contributed by atoms with Gasteiger partial charge in [0, 0.05) is 86.1 Å². The number of carbonyl (C=O) groups is 18. The Kier molecular flexibility index (Phi) is 49.0. The lowest BCUT2D eigenvalue weighted by atomic mass is 9.97. The summed E-state index contributed by atoms with van der Waals surface area (Å²) in [5, 5.41) is 135. The van der Waals surface area contributed by atoms with E-state index in [1.165, 1.54) is 19.3 Å². The van der Waals surface area contributed by atoms with Crippen molar-refractivity contribution in [3.8, 4) is 0 Å². The average Bonchev–Trinajstić information content (AvgIpc) is 1.67. The number of benzene rings is 2. The lowest BCUT2D eigenvalue weighted by Crippen LogP contribution is -2.61. The highest BCUT2D eigenvalue weighted by Crippen LogP contribution is 2.23. The SMILES string of the molecule is CC[C@H](C)[C@H](NC(=O)[C@H](CCCNC(=N)N)NC(=O)[C@H](CCC(=O)O)NC(=O)[C@H](CCCNC(=N)N)NC(=O)[C@H](CCCNC(=N)N)NC(=O)[C@H](Cc1c[nH]c2ccccc12)NC(=O)[C@H](CC(C)C)NC(=O)[C@H](CCC(N)=O)NC(=O)[C@H](CC(=O)O)NC(=O)CNC(=O)[C@H](Cc1c[nH]c2ccccc12)NC(=O)[C@H](CO)NC(=O)[C@@H](N)CO)C(=O)N[C@@H](CO)C(=O)N[C@@H](CCCNC(=N)N)C(=O)O. The van der Waals surface area contributed by atoms with Crippen LogP contribution in [0.5, 0.6) is 0 Å². The van der Waals surface area contributed by atoms with Crippen molar-refractivity contribution in [1.82, 2.24) is 106 Å². The lowest BCUT2D eigenvalue weighted by Gasteiger charge is -2.29. The fourth-order valence-corrected chi connectivity index (χ4v) is 13.8. The number of primary amides is 1. The normalized spacial score (nSPS) is 14.3.